The van der Waals surface area contributed by atoms with Gasteiger partial charge in [-0.05, 0) is 30.7 Å². The maximum absolute atomic E-state index is 13.2. The number of hydrogen-bond acceptors (Lipinski definition) is 4. The van der Waals surface area contributed by atoms with Gasteiger partial charge in [-0.3, -0.25) is 14.9 Å². The van der Waals surface area contributed by atoms with Gasteiger partial charge < -0.3 is 0 Å². The van der Waals surface area contributed by atoms with Crippen molar-refractivity contribution in [3.05, 3.63) is 111 Å². The van der Waals surface area contributed by atoms with E-state index in [2.05, 4.69) is 5.10 Å². The summed E-state index contributed by atoms with van der Waals surface area (Å²) in [6.45, 7) is 1.95. The van der Waals surface area contributed by atoms with Crippen LogP contribution >= 0.6 is 0 Å². The lowest BCUT2D eigenvalue weighted by Crippen LogP contribution is -2.27. The second-order valence-electron chi connectivity index (χ2n) is 6.96. The maximum Gasteiger partial charge on any atom is 0.274 e. The molecule has 0 aromatic heterocycles. The number of benzene rings is 3. The molecule has 0 spiro atoms. The lowest BCUT2D eigenvalue weighted by Gasteiger charge is -2.22. The zero-order valence-electron chi connectivity index (χ0n) is 15.9. The Hall–Kier alpha value is -3.80. The lowest BCUT2D eigenvalue weighted by molar-refractivity contribution is -0.385. The van der Waals surface area contributed by atoms with Gasteiger partial charge in [-0.1, -0.05) is 60.2 Å². The second-order valence-corrected chi connectivity index (χ2v) is 6.96. The van der Waals surface area contributed by atoms with Crippen molar-refractivity contribution < 1.29 is 9.72 Å². The molecule has 6 heteroatoms. The molecule has 0 saturated heterocycles. The monoisotopic (exact) mass is 385 g/mol. The average molecular weight is 385 g/mol. The minimum Gasteiger partial charge on any atom is -0.267 e. The van der Waals surface area contributed by atoms with Crippen molar-refractivity contribution in [3.8, 4) is 0 Å². The standard InChI is InChI=1S/C23H19N3O3/c1-16-11-13-18(14-12-16)23(27)25-22(19-9-5-6-10-21(19)26(28)29)15-20(24-25)17-7-3-2-4-8-17/h2-14,22H,15H2,1H3/t22-/m0/s1. The zero-order valence-corrected chi connectivity index (χ0v) is 15.9. The molecule has 0 fully saturated rings. The molecule has 1 atom stereocenters. The highest BCUT2D eigenvalue weighted by Gasteiger charge is 2.37. The SMILES string of the molecule is Cc1ccc(C(=O)N2N=C(c3ccccc3)C[C@H]2c2ccccc2[N+](=O)[O-])cc1. The van der Waals surface area contributed by atoms with Crippen molar-refractivity contribution in [3.63, 3.8) is 0 Å². The van der Waals surface area contributed by atoms with Gasteiger partial charge >= 0.3 is 0 Å². The summed E-state index contributed by atoms with van der Waals surface area (Å²) < 4.78 is 0. The number of hydrogen-bond donors (Lipinski definition) is 0. The first-order valence-electron chi connectivity index (χ1n) is 9.31. The van der Waals surface area contributed by atoms with Crippen molar-refractivity contribution in [2.24, 2.45) is 5.10 Å². The van der Waals surface area contributed by atoms with E-state index in [0.29, 0.717) is 17.5 Å². The van der Waals surface area contributed by atoms with Gasteiger partial charge in [0.15, 0.2) is 0 Å². The molecule has 1 aliphatic heterocycles. The van der Waals surface area contributed by atoms with E-state index in [1.165, 1.54) is 11.1 Å². The maximum atomic E-state index is 13.2. The lowest BCUT2D eigenvalue weighted by atomic mass is 9.97. The fourth-order valence-corrected chi connectivity index (χ4v) is 3.51. The third-order valence-electron chi connectivity index (χ3n) is 5.02. The molecule has 1 amide bonds. The topological polar surface area (TPSA) is 75.8 Å². The van der Waals surface area contributed by atoms with Crippen molar-refractivity contribution in [1.82, 2.24) is 5.01 Å². The summed E-state index contributed by atoms with van der Waals surface area (Å²) in [7, 11) is 0. The highest BCUT2D eigenvalue weighted by Crippen LogP contribution is 2.38. The molecular formula is C23H19N3O3. The van der Waals surface area contributed by atoms with E-state index in [1.54, 1.807) is 30.3 Å². The molecule has 4 rings (SSSR count). The fraction of sp³-hybridized carbons (Fsp3) is 0.130. The van der Waals surface area contributed by atoms with Gasteiger partial charge in [0.1, 0.15) is 0 Å². The molecule has 0 aliphatic carbocycles. The van der Waals surface area contributed by atoms with Crippen LogP contribution < -0.4 is 0 Å². The van der Waals surface area contributed by atoms with E-state index in [1.807, 2.05) is 49.4 Å². The van der Waals surface area contributed by atoms with Crippen molar-refractivity contribution in [1.29, 1.82) is 0 Å². The first kappa shape index (κ1) is 18.6. The van der Waals surface area contributed by atoms with Gasteiger partial charge in [-0.25, -0.2) is 5.01 Å². The minimum atomic E-state index is -0.541. The number of hydrazone groups is 1. The Morgan fingerprint density at radius 1 is 1.00 bits per heavy atom. The van der Waals surface area contributed by atoms with E-state index in [0.717, 1.165) is 16.8 Å². The predicted molar refractivity (Wildman–Crippen MR) is 111 cm³/mol. The normalized spacial score (nSPS) is 15.8. The van der Waals surface area contributed by atoms with Crippen molar-refractivity contribution >= 4 is 17.3 Å². The molecule has 0 saturated carbocycles. The van der Waals surface area contributed by atoms with Gasteiger partial charge in [0.25, 0.3) is 11.6 Å². The number of nitro benzene ring substituents is 1. The Balaban J connectivity index is 1.78. The van der Waals surface area contributed by atoms with E-state index < -0.39 is 11.0 Å². The van der Waals surface area contributed by atoms with Crippen LogP contribution in [0.1, 0.15) is 39.5 Å². The van der Waals surface area contributed by atoms with Crippen molar-refractivity contribution in [2.75, 3.05) is 0 Å². The van der Waals surface area contributed by atoms with Crippen LogP contribution in [0.4, 0.5) is 5.69 Å². The quantitative estimate of drug-likeness (QED) is 0.474. The molecule has 3 aromatic carbocycles. The number of nitro groups is 1. The summed E-state index contributed by atoms with van der Waals surface area (Å²) in [5.41, 5.74) is 3.64. The van der Waals surface area contributed by atoms with Crippen LogP contribution in [0.5, 0.6) is 0 Å². The number of nitrogens with zero attached hydrogens (tertiary/aromatic N) is 3. The predicted octanol–water partition coefficient (Wildman–Crippen LogP) is 4.89. The number of carbonyl (C=O) groups excluding carboxylic acids is 1. The first-order chi connectivity index (χ1) is 14.0. The van der Waals surface area contributed by atoms with Gasteiger partial charge in [-0.15, -0.1) is 0 Å². The Morgan fingerprint density at radius 3 is 2.34 bits per heavy atom. The Morgan fingerprint density at radius 2 is 1.66 bits per heavy atom. The van der Waals surface area contributed by atoms with Crippen LogP contribution in [0.15, 0.2) is 84.0 Å². The van der Waals surface area contributed by atoms with Crippen LogP contribution in [-0.2, 0) is 0 Å². The summed E-state index contributed by atoms with van der Waals surface area (Å²) in [4.78, 5) is 24.4. The third-order valence-corrected chi connectivity index (χ3v) is 5.02. The minimum absolute atomic E-state index is 0.0104. The first-order valence-corrected chi connectivity index (χ1v) is 9.31. The number of rotatable bonds is 4. The van der Waals surface area contributed by atoms with E-state index in [4.69, 9.17) is 0 Å². The van der Waals surface area contributed by atoms with E-state index in [-0.39, 0.29) is 11.6 Å². The van der Waals surface area contributed by atoms with Crippen LogP contribution in [0.3, 0.4) is 0 Å². The zero-order chi connectivity index (χ0) is 20.4. The van der Waals surface area contributed by atoms with Crippen LogP contribution in [0, 0.1) is 17.0 Å². The molecule has 6 nitrogen and oxygen atoms in total. The van der Waals surface area contributed by atoms with E-state index >= 15 is 0 Å². The second kappa shape index (κ2) is 7.67. The number of para-hydroxylation sites is 1. The molecule has 0 radical (unpaired) electrons. The van der Waals surface area contributed by atoms with Crippen molar-refractivity contribution in [2.45, 2.75) is 19.4 Å². The smallest absolute Gasteiger partial charge is 0.267 e. The van der Waals surface area contributed by atoms with Gasteiger partial charge in [0.2, 0.25) is 0 Å². The molecule has 3 aromatic rings. The summed E-state index contributed by atoms with van der Waals surface area (Å²) >= 11 is 0. The Bertz CT molecular complexity index is 1090. The van der Waals surface area contributed by atoms with Gasteiger partial charge in [0.05, 0.1) is 22.2 Å². The number of carbonyl (C=O) groups is 1. The van der Waals surface area contributed by atoms with Crippen LogP contribution in [0.25, 0.3) is 0 Å². The molecule has 1 aliphatic rings. The highest BCUT2D eigenvalue weighted by atomic mass is 16.6. The van der Waals surface area contributed by atoms with Gasteiger partial charge in [0, 0.05) is 18.1 Å². The molecule has 144 valence electrons. The Labute approximate surface area is 168 Å². The Kier molecular flexibility index (Phi) is 4.91. The summed E-state index contributed by atoms with van der Waals surface area (Å²) in [6, 6.07) is 22.8. The third kappa shape index (κ3) is 3.65. The summed E-state index contributed by atoms with van der Waals surface area (Å²) in [5.74, 6) is -0.279. The number of amides is 1. The molecule has 0 N–H and O–H groups in total. The van der Waals surface area contributed by atoms with E-state index in [9.17, 15) is 14.9 Å². The highest BCUT2D eigenvalue weighted by molar-refractivity contribution is 6.05. The molecule has 29 heavy (non-hydrogen) atoms. The number of aryl methyl sites for hydroxylation is 1. The largest absolute Gasteiger partial charge is 0.274 e. The van der Waals surface area contributed by atoms with Crippen LogP contribution in [0.2, 0.25) is 0 Å². The summed E-state index contributed by atoms with van der Waals surface area (Å²) in [5, 5.41) is 17.6. The summed E-state index contributed by atoms with van der Waals surface area (Å²) in [6.07, 6.45) is 0.409. The molecular weight excluding hydrogens is 366 g/mol. The molecule has 0 bridgehead atoms. The van der Waals surface area contributed by atoms with Gasteiger partial charge in [-0.2, -0.15) is 5.10 Å². The molecule has 0 unspecified atom stereocenters. The fourth-order valence-electron chi connectivity index (χ4n) is 3.51. The molecule has 1 heterocycles. The average Bonchev–Trinajstić information content (AvgIpc) is 3.20. The van der Waals surface area contributed by atoms with Crippen LogP contribution in [-0.4, -0.2) is 21.6 Å².